The maximum atomic E-state index is 14.9. The first-order chi connectivity index (χ1) is 18.8. The number of allylic oxidation sites excluding steroid dienone is 2. The van der Waals surface area contributed by atoms with Gasteiger partial charge in [0.25, 0.3) is 5.91 Å². The molecule has 1 aliphatic carbocycles. The lowest BCUT2D eigenvalue weighted by Gasteiger charge is -2.44. The molecule has 2 aliphatic heterocycles. The highest BCUT2D eigenvalue weighted by molar-refractivity contribution is 6.31. The quantitative estimate of drug-likeness (QED) is 0.476. The van der Waals surface area contributed by atoms with Gasteiger partial charge < -0.3 is 20.3 Å². The summed E-state index contributed by atoms with van der Waals surface area (Å²) in [5, 5.41) is 7.12. The van der Waals surface area contributed by atoms with Crippen LogP contribution in [0, 0.1) is 31.5 Å². The summed E-state index contributed by atoms with van der Waals surface area (Å²) in [5.74, 6) is -1.62. The minimum absolute atomic E-state index is 0.0767. The molecule has 2 unspecified atom stereocenters. The highest BCUT2D eigenvalue weighted by atomic mass is 35.5. The SMILES string of the molecule is Cc1ccc(NC(=O)[C@H]2CCCN(C(=O)c3c(C)cccc3F)[C@H]2C2C=CC(NC3CCOC3)=CC2)cc1Cl. The summed E-state index contributed by atoms with van der Waals surface area (Å²) in [6.45, 7) is 5.57. The molecule has 2 fully saturated rings. The van der Waals surface area contributed by atoms with Crippen molar-refractivity contribution >= 4 is 29.1 Å². The molecule has 2 aromatic rings. The van der Waals surface area contributed by atoms with Crippen LogP contribution in [-0.2, 0) is 9.53 Å². The molecule has 0 aromatic heterocycles. The van der Waals surface area contributed by atoms with Gasteiger partial charge in [-0.15, -0.1) is 0 Å². The Balaban J connectivity index is 1.42. The summed E-state index contributed by atoms with van der Waals surface area (Å²) in [5.41, 5.74) is 3.23. The van der Waals surface area contributed by atoms with Crippen molar-refractivity contribution in [3.8, 4) is 0 Å². The van der Waals surface area contributed by atoms with Crippen molar-refractivity contribution in [2.45, 2.75) is 51.6 Å². The van der Waals surface area contributed by atoms with Crippen LogP contribution in [0.1, 0.15) is 47.2 Å². The normalized spacial score (nSPS) is 24.8. The van der Waals surface area contributed by atoms with Gasteiger partial charge in [-0.05, 0) is 74.9 Å². The molecule has 0 bridgehead atoms. The number of likely N-dealkylation sites (tertiary alicyclic amines) is 1. The second-order valence-corrected chi connectivity index (χ2v) is 11.2. The van der Waals surface area contributed by atoms with E-state index in [1.807, 2.05) is 25.1 Å². The van der Waals surface area contributed by atoms with Crippen molar-refractivity contribution < 1.29 is 18.7 Å². The largest absolute Gasteiger partial charge is 0.380 e. The lowest BCUT2D eigenvalue weighted by molar-refractivity contribution is -0.123. The van der Waals surface area contributed by atoms with Gasteiger partial charge in [-0.1, -0.05) is 42.0 Å². The topological polar surface area (TPSA) is 70.7 Å². The first-order valence-electron chi connectivity index (χ1n) is 13.7. The average Bonchev–Trinajstić information content (AvgIpc) is 3.44. The van der Waals surface area contributed by atoms with Crippen LogP contribution in [0.4, 0.5) is 10.1 Å². The van der Waals surface area contributed by atoms with Crippen LogP contribution in [-0.4, -0.2) is 48.6 Å². The number of hydrogen-bond acceptors (Lipinski definition) is 4. The van der Waals surface area contributed by atoms with Crippen LogP contribution in [0.3, 0.4) is 0 Å². The molecular formula is C31H35ClFN3O3. The van der Waals surface area contributed by atoms with E-state index in [4.69, 9.17) is 16.3 Å². The molecule has 2 amide bonds. The second-order valence-electron chi connectivity index (χ2n) is 10.7. The first-order valence-corrected chi connectivity index (χ1v) is 14.1. The molecule has 39 heavy (non-hydrogen) atoms. The number of nitrogens with one attached hydrogen (secondary N) is 2. The highest BCUT2D eigenvalue weighted by Crippen LogP contribution is 2.36. The number of nitrogens with zero attached hydrogens (tertiary/aromatic N) is 1. The fourth-order valence-corrected chi connectivity index (χ4v) is 6.09. The Bertz CT molecular complexity index is 1280. The monoisotopic (exact) mass is 551 g/mol. The molecule has 3 aliphatic rings. The minimum Gasteiger partial charge on any atom is -0.380 e. The van der Waals surface area contributed by atoms with Gasteiger partial charge in [0, 0.05) is 35.5 Å². The van der Waals surface area contributed by atoms with Crippen molar-refractivity contribution in [1.82, 2.24) is 10.2 Å². The fraction of sp³-hybridized carbons (Fsp3) is 0.419. The van der Waals surface area contributed by atoms with Crippen LogP contribution in [0.25, 0.3) is 0 Å². The summed E-state index contributed by atoms with van der Waals surface area (Å²) >= 11 is 6.30. The molecule has 0 radical (unpaired) electrons. The standard InChI is InChI=1S/C31H35ClFN3O3/c1-19-8-11-23(17-26(19)32)35-30(37)25-6-4-15-36(31(38)28-20(2)5-3-7-27(28)33)29(25)21-9-12-22(13-10-21)34-24-14-16-39-18-24/h3,5,7-9,11-13,17,21,24-25,29,34H,4,6,10,14-16,18H2,1-2H3,(H,35,37)/t21?,24?,25-,29-/m0/s1. The van der Waals surface area contributed by atoms with Crippen molar-refractivity contribution in [2.24, 2.45) is 11.8 Å². The van der Waals surface area contributed by atoms with Crippen LogP contribution in [0.5, 0.6) is 0 Å². The molecule has 0 saturated carbocycles. The van der Waals surface area contributed by atoms with Gasteiger partial charge in [-0.2, -0.15) is 0 Å². The predicted octanol–water partition coefficient (Wildman–Crippen LogP) is 5.79. The van der Waals surface area contributed by atoms with Gasteiger partial charge in [0.1, 0.15) is 5.82 Å². The van der Waals surface area contributed by atoms with Crippen molar-refractivity contribution in [1.29, 1.82) is 0 Å². The van der Waals surface area contributed by atoms with E-state index in [0.717, 1.165) is 24.3 Å². The number of hydrogen-bond donors (Lipinski definition) is 2. The van der Waals surface area contributed by atoms with Crippen molar-refractivity contribution in [3.63, 3.8) is 0 Å². The summed E-state index contributed by atoms with van der Waals surface area (Å²) < 4.78 is 20.4. The van der Waals surface area contributed by atoms with Crippen LogP contribution >= 0.6 is 11.6 Å². The van der Waals surface area contributed by atoms with E-state index in [1.165, 1.54) is 6.07 Å². The average molecular weight is 552 g/mol. The molecule has 8 heteroatoms. The Hall–Kier alpha value is -3.16. The zero-order valence-electron chi connectivity index (χ0n) is 22.4. The number of aryl methyl sites for hydroxylation is 2. The Morgan fingerprint density at radius 3 is 2.67 bits per heavy atom. The highest BCUT2D eigenvalue weighted by Gasteiger charge is 2.43. The number of carbonyl (C=O) groups excluding carboxylic acids is 2. The molecule has 6 nitrogen and oxygen atoms in total. The number of piperidine rings is 1. The third kappa shape index (κ3) is 6.04. The number of amides is 2. The third-order valence-electron chi connectivity index (χ3n) is 8.03. The molecule has 5 rings (SSSR count). The molecule has 2 saturated heterocycles. The molecular weight excluding hydrogens is 517 g/mol. The number of halogens is 2. The number of benzene rings is 2. The molecule has 2 aromatic carbocycles. The Morgan fingerprint density at radius 1 is 1.13 bits per heavy atom. The number of ether oxygens (including phenoxy) is 1. The molecule has 2 heterocycles. The van der Waals surface area contributed by atoms with Gasteiger partial charge in [-0.3, -0.25) is 9.59 Å². The van der Waals surface area contributed by atoms with Gasteiger partial charge in [-0.25, -0.2) is 4.39 Å². The number of carbonyl (C=O) groups is 2. The maximum Gasteiger partial charge on any atom is 0.257 e. The van der Waals surface area contributed by atoms with Gasteiger partial charge in [0.05, 0.1) is 30.2 Å². The van der Waals surface area contributed by atoms with E-state index in [1.54, 1.807) is 30.0 Å². The maximum absolute atomic E-state index is 14.9. The Morgan fingerprint density at radius 2 is 1.97 bits per heavy atom. The van der Waals surface area contributed by atoms with Crippen molar-refractivity contribution in [2.75, 3.05) is 25.1 Å². The molecule has 206 valence electrons. The summed E-state index contributed by atoms with van der Waals surface area (Å²) in [7, 11) is 0. The van der Waals surface area contributed by atoms with Gasteiger partial charge >= 0.3 is 0 Å². The zero-order chi connectivity index (χ0) is 27.5. The number of rotatable bonds is 6. The molecule has 2 N–H and O–H groups in total. The minimum atomic E-state index is -0.538. The van der Waals surface area contributed by atoms with Crippen molar-refractivity contribution in [3.05, 3.63) is 87.9 Å². The second kappa shape index (κ2) is 11.9. The van der Waals surface area contributed by atoms with E-state index in [0.29, 0.717) is 48.7 Å². The van der Waals surface area contributed by atoms with E-state index >= 15 is 0 Å². The predicted molar refractivity (Wildman–Crippen MR) is 151 cm³/mol. The Kier molecular flexibility index (Phi) is 8.38. The zero-order valence-corrected chi connectivity index (χ0v) is 23.1. The molecule has 0 spiro atoms. The molecule has 4 atom stereocenters. The summed E-state index contributed by atoms with van der Waals surface area (Å²) in [6.07, 6.45) is 9.17. The van der Waals surface area contributed by atoms with E-state index < -0.39 is 17.8 Å². The lowest BCUT2D eigenvalue weighted by atomic mass is 9.77. The van der Waals surface area contributed by atoms with Gasteiger partial charge in [0.2, 0.25) is 5.91 Å². The smallest absolute Gasteiger partial charge is 0.257 e. The first kappa shape index (κ1) is 27.4. The van der Waals surface area contributed by atoms with Crippen LogP contribution in [0.2, 0.25) is 5.02 Å². The summed E-state index contributed by atoms with van der Waals surface area (Å²) in [4.78, 5) is 29.3. The van der Waals surface area contributed by atoms with Gasteiger partial charge in [0.15, 0.2) is 0 Å². The third-order valence-corrected chi connectivity index (χ3v) is 8.44. The van der Waals surface area contributed by atoms with Crippen LogP contribution in [0.15, 0.2) is 60.3 Å². The van der Waals surface area contributed by atoms with E-state index in [9.17, 15) is 14.0 Å². The fourth-order valence-electron chi connectivity index (χ4n) is 5.90. The Labute approximate surface area is 234 Å². The number of anilines is 1. The van der Waals surface area contributed by atoms with E-state index in [-0.39, 0.29) is 29.3 Å². The summed E-state index contributed by atoms with van der Waals surface area (Å²) in [6, 6.07) is 9.97. The van der Waals surface area contributed by atoms with Crippen LogP contribution < -0.4 is 10.6 Å². The lowest BCUT2D eigenvalue weighted by Crippen LogP contribution is -2.55. The van der Waals surface area contributed by atoms with E-state index in [2.05, 4.69) is 22.8 Å².